The molecule has 0 bridgehead atoms. The van der Waals surface area contributed by atoms with E-state index in [-0.39, 0.29) is 0 Å². The monoisotopic (exact) mass is 188 g/mol. The molecule has 0 spiro atoms. The highest BCUT2D eigenvalue weighted by Gasteiger charge is 2.00. The Labute approximate surface area is 79.3 Å². The fourth-order valence-electron chi connectivity index (χ4n) is 1.39. The lowest BCUT2D eigenvalue weighted by Crippen LogP contribution is -2.37. The molecule has 0 fully saturated rings. The quantitative estimate of drug-likeness (QED) is 0.337. The molecule has 0 saturated carbocycles. The Morgan fingerprint density at radius 3 is 2.33 bits per heavy atom. The highest BCUT2D eigenvalue weighted by molar-refractivity contribution is 6.35. The molecule has 0 aromatic heterocycles. The zero-order valence-corrected chi connectivity index (χ0v) is 10.2. The van der Waals surface area contributed by atoms with E-state index in [1.165, 1.54) is 31.4 Å². The van der Waals surface area contributed by atoms with Gasteiger partial charge in [-0.3, -0.25) is 0 Å². The maximum absolute atomic E-state index is 3.25. The van der Waals surface area contributed by atoms with Crippen LogP contribution in [0.15, 0.2) is 0 Å². The van der Waals surface area contributed by atoms with Crippen LogP contribution in [0.1, 0.15) is 26.2 Å². The van der Waals surface area contributed by atoms with E-state index in [4.69, 9.17) is 0 Å². The van der Waals surface area contributed by atoms with Crippen LogP contribution >= 0.6 is 0 Å². The minimum absolute atomic E-state index is 0.297. The van der Waals surface area contributed by atoms with Crippen LogP contribution in [0, 0.1) is 0 Å². The fraction of sp³-hybridized carbons (Fsp3) is 1.00. The van der Waals surface area contributed by atoms with E-state index in [1.54, 1.807) is 0 Å². The molecule has 12 heavy (non-hydrogen) atoms. The Morgan fingerprint density at radius 2 is 1.83 bits per heavy atom. The molecule has 3 heteroatoms. The predicted octanol–water partition coefficient (Wildman–Crippen LogP) is 0.947. The van der Waals surface area contributed by atoms with E-state index < -0.39 is 0 Å². The third-order valence-electron chi connectivity index (χ3n) is 2.29. The maximum Gasteiger partial charge on any atom is 0.0566 e. The first-order chi connectivity index (χ1) is 5.85. The second-order valence-electron chi connectivity index (χ2n) is 3.33. The van der Waals surface area contributed by atoms with Gasteiger partial charge >= 0.3 is 0 Å². The Balaban J connectivity index is 3.06. The molecule has 74 valence electrons. The lowest BCUT2D eigenvalue weighted by atomic mass is 10.3. The second kappa shape index (κ2) is 9.23. The minimum Gasteiger partial charge on any atom is -0.305 e. The van der Waals surface area contributed by atoms with E-state index in [2.05, 4.69) is 17.6 Å². The van der Waals surface area contributed by atoms with Crippen molar-refractivity contribution in [1.82, 2.24) is 10.6 Å². The summed E-state index contributed by atoms with van der Waals surface area (Å²) in [5.41, 5.74) is 0. The fourth-order valence-corrected chi connectivity index (χ4v) is 2.88. The third-order valence-corrected chi connectivity index (χ3v) is 4.50. The van der Waals surface area contributed by atoms with Gasteiger partial charge in [-0.1, -0.05) is 31.9 Å². The van der Waals surface area contributed by atoms with E-state index >= 15 is 0 Å². The summed E-state index contributed by atoms with van der Waals surface area (Å²) < 4.78 is 0. The van der Waals surface area contributed by atoms with E-state index in [9.17, 15) is 0 Å². The normalized spacial score (nSPS) is 12.0. The molecule has 0 aliphatic heterocycles. The van der Waals surface area contributed by atoms with Gasteiger partial charge in [0.1, 0.15) is 0 Å². The average Bonchev–Trinajstić information content (AvgIpc) is 2.11. The molecule has 0 aliphatic carbocycles. The first kappa shape index (κ1) is 12.1. The van der Waals surface area contributed by atoms with Crippen LogP contribution in [0.25, 0.3) is 0 Å². The number of hydrogen-bond acceptors (Lipinski definition) is 2. The van der Waals surface area contributed by atoms with Gasteiger partial charge in [-0.2, -0.15) is 0 Å². The van der Waals surface area contributed by atoms with Gasteiger partial charge in [0.15, 0.2) is 0 Å². The largest absolute Gasteiger partial charge is 0.305 e. The molecular weight excluding hydrogens is 164 g/mol. The van der Waals surface area contributed by atoms with Crippen molar-refractivity contribution in [3.05, 3.63) is 0 Å². The molecule has 0 aromatic carbocycles. The lowest BCUT2D eigenvalue weighted by Gasteiger charge is -2.14. The first-order valence-corrected chi connectivity index (χ1v) is 7.19. The summed E-state index contributed by atoms with van der Waals surface area (Å²) in [6, 6.07) is 3.05. The summed E-state index contributed by atoms with van der Waals surface area (Å²) >= 11 is 0. The number of hydrogen-bond donors (Lipinski definition) is 2. The van der Waals surface area contributed by atoms with Gasteiger partial charge in [0, 0.05) is 9.52 Å². The van der Waals surface area contributed by atoms with Gasteiger partial charge in [0.25, 0.3) is 0 Å². The first-order valence-electron chi connectivity index (χ1n) is 5.19. The molecule has 0 unspecified atom stereocenters. The van der Waals surface area contributed by atoms with Crippen molar-refractivity contribution >= 4 is 9.52 Å². The molecular formula is C9H24N2Si. The molecule has 2 nitrogen and oxygen atoms in total. The molecule has 0 aliphatic rings. The molecule has 0 amide bonds. The molecule has 0 aromatic rings. The SMILES string of the molecule is CCC[SiH2]CCCC(NC)NC. The van der Waals surface area contributed by atoms with Crippen LogP contribution in [0.4, 0.5) is 0 Å². The summed E-state index contributed by atoms with van der Waals surface area (Å²) in [5, 5.41) is 6.49. The summed E-state index contributed by atoms with van der Waals surface area (Å²) in [7, 11) is 4.33. The zero-order valence-electron chi connectivity index (χ0n) is 8.82. The lowest BCUT2D eigenvalue weighted by molar-refractivity contribution is 0.458. The molecule has 0 radical (unpaired) electrons. The molecule has 0 atom stereocenters. The Bertz CT molecular complexity index is 84.6. The van der Waals surface area contributed by atoms with Crippen molar-refractivity contribution in [3.63, 3.8) is 0 Å². The van der Waals surface area contributed by atoms with Crippen molar-refractivity contribution in [2.24, 2.45) is 0 Å². The Hall–Kier alpha value is 0.137. The minimum atomic E-state index is 0.297. The van der Waals surface area contributed by atoms with Crippen LogP contribution in [0.3, 0.4) is 0 Å². The highest BCUT2D eigenvalue weighted by atomic mass is 28.2. The zero-order chi connectivity index (χ0) is 9.23. The summed E-state index contributed by atoms with van der Waals surface area (Å²) in [4.78, 5) is 0. The van der Waals surface area contributed by atoms with Crippen molar-refractivity contribution < 1.29 is 0 Å². The van der Waals surface area contributed by atoms with Crippen LogP contribution in [-0.2, 0) is 0 Å². The second-order valence-corrected chi connectivity index (χ2v) is 5.45. The Morgan fingerprint density at radius 1 is 1.17 bits per heavy atom. The standard InChI is InChI=1S/C9H24N2Si/c1-4-7-12-8-5-6-9(10-2)11-3/h9-11H,4-8,12H2,1-3H3. The van der Waals surface area contributed by atoms with Crippen molar-refractivity contribution in [2.75, 3.05) is 14.1 Å². The predicted molar refractivity (Wildman–Crippen MR) is 59.6 cm³/mol. The van der Waals surface area contributed by atoms with Crippen molar-refractivity contribution in [1.29, 1.82) is 0 Å². The van der Waals surface area contributed by atoms with E-state index in [0.29, 0.717) is 15.7 Å². The summed E-state index contributed by atoms with van der Waals surface area (Å²) in [5.74, 6) is 0. The highest BCUT2D eigenvalue weighted by Crippen LogP contribution is 2.00. The smallest absolute Gasteiger partial charge is 0.0566 e. The van der Waals surface area contributed by atoms with Gasteiger partial charge in [-0.25, -0.2) is 0 Å². The topological polar surface area (TPSA) is 24.1 Å². The van der Waals surface area contributed by atoms with Crippen LogP contribution < -0.4 is 10.6 Å². The number of nitrogens with one attached hydrogen (secondary N) is 2. The molecule has 0 rings (SSSR count). The summed E-state index contributed by atoms with van der Waals surface area (Å²) in [6.45, 7) is 2.29. The third kappa shape index (κ3) is 6.82. The van der Waals surface area contributed by atoms with Crippen LogP contribution in [0.5, 0.6) is 0 Å². The van der Waals surface area contributed by atoms with Crippen molar-refractivity contribution in [2.45, 2.75) is 44.4 Å². The van der Waals surface area contributed by atoms with Crippen molar-refractivity contribution in [3.8, 4) is 0 Å². The van der Waals surface area contributed by atoms with Gasteiger partial charge in [0.05, 0.1) is 6.17 Å². The van der Waals surface area contributed by atoms with Crippen LogP contribution in [-0.4, -0.2) is 29.8 Å². The van der Waals surface area contributed by atoms with E-state index in [1.807, 2.05) is 14.1 Å². The molecule has 0 saturated heterocycles. The van der Waals surface area contributed by atoms with Gasteiger partial charge in [-0.15, -0.1) is 0 Å². The van der Waals surface area contributed by atoms with Gasteiger partial charge < -0.3 is 10.6 Å². The van der Waals surface area contributed by atoms with E-state index in [0.717, 1.165) is 0 Å². The maximum atomic E-state index is 3.25. The average molecular weight is 188 g/mol. The van der Waals surface area contributed by atoms with Gasteiger partial charge in [0.2, 0.25) is 0 Å². The molecule has 2 N–H and O–H groups in total. The van der Waals surface area contributed by atoms with Gasteiger partial charge in [-0.05, 0) is 20.5 Å². The molecule has 0 heterocycles. The summed E-state index contributed by atoms with van der Waals surface area (Å²) in [6.07, 6.45) is 4.61. The van der Waals surface area contributed by atoms with Crippen LogP contribution in [0.2, 0.25) is 12.1 Å². The Kier molecular flexibility index (Phi) is 9.33. The number of rotatable bonds is 8.